The lowest BCUT2D eigenvalue weighted by Crippen LogP contribution is -2.00. The zero-order valence-corrected chi connectivity index (χ0v) is 11.2. The average Bonchev–Trinajstić information content (AvgIpc) is 2.37. The summed E-state index contributed by atoms with van der Waals surface area (Å²) >= 11 is 0. The van der Waals surface area contributed by atoms with Crippen molar-refractivity contribution in [1.29, 1.82) is 0 Å². The molecule has 1 aromatic rings. The molecule has 5 nitrogen and oxygen atoms in total. The fourth-order valence-corrected chi connectivity index (χ4v) is 1.67. The molecule has 0 amide bonds. The van der Waals surface area contributed by atoms with Crippen molar-refractivity contribution in [1.82, 2.24) is 0 Å². The predicted octanol–water partition coefficient (Wildman–Crippen LogP) is 2.41. The molecule has 18 heavy (non-hydrogen) atoms. The molecular formula is C12H13O5P. The van der Waals surface area contributed by atoms with Crippen LogP contribution in [0.1, 0.15) is 12.5 Å². The van der Waals surface area contributed by atoms with Crippen LogP contribution in [0.25, 0.3) is 0 Å². The van der Waals surface area contributed by atoms with Crippen LogP contribution in [0.5, 0.6) is 5.75 Å². The van der Waals surface area contributed by atoms with Crippen LogP contribution in [0.3, 0.4) is 0 Å². The Labute approximate surface area is 106 Å². The number of rotatable bonds is 3. The summed E-state index contributed by atoms with van der Waals surface area (Å²) in [4.78, 5) is 10.7. The minimum atomic E-state index is -3.33. The molecular weight excluding hydrogens is 255 g/mol. The van der Waals surface area contributed by atoms with E-state index < -0.39 is 13.6 Å². The van der Waals surface area contributed by atoms with Crippen molar-refractivity contribution in [2.45, 2.75) is 6.92 Å². The molecule has 0 spiro atoms. The topological polar surface area (TPSA) is 61.8 Å². The molecule has 0 saturated carbocycles. The Balaban J connectivity index is 2.84. The van der Waals surface area contributed by atoms with E-state index >= 15 is 0 Å². The lowest BCUT2D eigenvalue weighted by atomic mass is 10.2. The first-order valence-corrected chi connectivity index (χ1v) is 6.56. The van der Waals surface area contributed by atoms with Gasteiger partial charge in [0.05, 0.1) is 0 Å². The van der Waals surface area contributed by atoms with Crippen LogP contribution < -0.4 is 4.74 Å². The molecule has 6 heteroatoms. The Hall–Kier alpha value is -1.60. The number of benzene rings is 1. The fourth-order valence-electron chi connectivity index (χ4n) is 1.07. The van der Waals surface area contributed by atoms with E-state index in [0.717, 1.165) is 0 Å². The van der Waals surface area contributed by atoms with E-state index in [1.165, 1.54) is 21.1 Å². The maximum Gasteiger partial charge on any atom is 0.405 e. The van der Waals surface area contributed by atoms with E-state index in [0.29, 0.717) is 11.3 Å². The first kappa shape index (κ1) is 14.5. The Bertz CT molecular complexity index is 516. The molecule has 0 unspecified atom stereocenters. The normalized spacial score (nSPS) is 10.4. The number of ether oxygens (including phenoxy) is 1. The summed E-state index contributed by atoms with van der Waals surface area (Å²) in [6.07, 6.45) is 0. The van der Waals surface area contributed by atoms with Gasteiger partial charge in [0.25, 0.3) is 0 Å². The molecule has 0 bridgehead atoms. The first-order chi connectivity index (χ1) is 8.49. The summed E-state index contributed by atoms with van der Waals surface area (Å²) in [5.41, 5.74) is 3.04. The fraction of sp³-hybridized carbons (Fsp3) is 0.250. The second-order valence-corrected chi connectivity index (χ2v) is 5.17. The van der Waals surface area contributed by atoms with Gasteiger partial charge < -0.3 is 13.8 Å². The van der Waals surface area contributed by atoms with Crippen molar-refractivity contribution in [2.24, 2.45) is 0 Å². The van der Waals surface area contributed by atoms with E-state index in [9.17, 15) is 9.36 Å². The van der Waals surface area contributed by atoms with Crippen LogP contribution in [0.4, 0.5) is 0 Å². The van der Waals surface area contributed by atoms with Crippen molar-refractivity contribution in [3.05, 3.63) is 29.8 Å². The molecule has 0 heterocycles. The monoisotopic (exact) mass is 268 g/mol. The summed E-state index contributed by atoms with van der Waals surface area (Å²) in [7, 11) is -0.794. The van der Waals surface area contributed by atoms with Gasteiger partial charge in [-0.2, -0.15) is 0 Å². The molecule has 1 aromatic carbocycles. The standard InChI is InChI=1S/C12H13O5P/c1-10(13)17-12-6-4-11(5-7-12)8-9-18(14,15-2)16-3/h4-7H,1-3H3. The van der Waals surface area contributed by atoms with Crippen LogP contribution in [0.15, 0.2) is 24.3 Å². The summed E-state index contributed by atoms with van der Waals surface area (Å²) in [6.45, 7) is 1.32. The molecule has 0 N–H and O–H groups in total. The molecule has 0 saturated heterocycles. The van der Waals surface area contributed by atoms with Gasteiger partial charge in [0, 0.05) is 32.4 Å². The Morgan fingerprint density at radius 1 is 1.17 bits per heavy atom. The number of carbonyl (C=O) groups excluding carboxylic acids is 1. The largest absolute Gasteiger partial charge is 0.427 e. The van der Waals surface area contributed by atoms with Crippen molar-refractivity contribution >= 4 is 13.6 Å². The van der Waals surface area contributed by atoms with E-state index in [4.69, 9.17) is 4.74 Å². The highest BCUT2D eigenvalue weighted by molar-refractivity contribution is 7.59. The second kappa shape index (κ2) is 6.36. The van der Waals surface area contributed by atoms with Crippen LogP contribution >= 0.6 is 7.60 Å². The summed E-state index contributed by atoms with van der Waals surface area (Å²) < 4.78 is 25.9. The molecule has 96 valence electrons. The Morgan fingerprint density at radius 2 is 1.72 bits per heavy atom. The highest BCUT2D eigenvalue weighted by Crippen LogP contribution is 2.44. The van der Waals surface area contributed by atoms with Gasteiger partial charge in [-0.25, -0.2) is 4.57 Å². The van der Waals surface area contributed by atoms with E-state index in [1.807, 2.05) is 0 Å². The molecule has 1 rings (SSSR count). The maximum absolute atomic E-state index is 11.6. The molecule has 0 aliphatic rings. The molecule has 0 fully saturated rings. The molecule has 0 aliphatic carbocycles. The van der Waals surface area contributed by atoms with E-state index in [1.54, 1.807) is 24.3 Å². The van der Waals surface area contributed by atoms with Crippen LogP contribution in [-0.4, -0.2) is 20.2 Å². The Kier molecular flexibility index (Phi) is 5.11. The van der Waals surface area contributed by atoms with E-state index in [2.05, 4.69) is 20.6 Å². The van der Waals surface area contributed by atoms with Gasteiger partial charge in [-0.1, -0.05) is 5.92 Å². The smallest absolute Gasteiger partial charge is 0.405 e. The van der Waals surface area contributed by atoms with Crippen LogP contribution in [0.2, 0.25) is 0 Å². The maximum atomic E-state index is 11.6. The van der Waals surface area contributed by atoms with Gasteiger partial charge in [-0.3, -0.25) is 4.79 Å². The van der Waals surface area contributed by atoms with Gasteiger partial charge in [0.2, 0.25) is 0 Å². The lowest BCUT2D eigenvalue weighted by molar-refractivity contribution is -0.131. The molecule has 0 aromatic heterocycles. The number of carbonyl (C=O) groups is 1. The van der Waals surface area contributed by atoms with E-state index in [-0.39, 0.29) is 0 Å². The van der Waals surface area contributed by atoms with Crippen molar-refractivity contribution in [3.8, 4) is 17.3 Å². The predicted molar refractivity (Wildman–Crippen MR) is 66.3 cm³/mol. The first-order valence-electron chi connectivity index (χ1n) is 5.02. The highest BCUT2D eigenvalue weighted by Gasteiger charge is 2.16. The van der Waals surface area contributed by atoms with Crippen molar-refractivity contribution < 1.29 is 23.1 Å². The second-order valence-electron chi connectivity index (χ2n) is 3.22. The third kappa shape index (κ3) is 4.34. The summed E-state index contributed by atoms with van der Waals surface area (Å²) in [5.74, 6) is 2.70. The van der Waals surface area contributed by atoms with Crippen molar-refractivity contribution in [2.75, 3.05) is 14.2 Å². The van der Waals surface area contributed by atoms with Gasteiger partial charge >= 0.3 is 13.6 Å². The summed E-state index contributed by atoms with van der Waals surface area (Å²) in [5, 5.41) is 0. The molecule has 0 radical (unpaired) electrons. The number of hydrogen-bond donors (Lipinski definition) is 0. The third-order valence-electron chi connectivity index (χ3n) is 1.93. The molecule has 0 aliphatic heterocycles. The SMILES string of the molecule is COP(=O)(C#Cc1ccc(OC(C)=O)cc1)OC. The zero-order chi connectivity index (χ0) is 13.6. The minimum Gasteiger partial charge on any atom is -0.427 e. The quantitative estimate of drug-likeness (QED) is 0.364. The lowest BCUT2D eigenvalue weighted by Gasteiger charge is -2.04. The summed E-state index contributed by atoms with van der Waals surface area (Å²) in [6, 6.07) is 6.47. The van der Waals surface area contributed by atoms with Gasteiger partial charge in [0.1, 0.15) is 5.75 Å². The van der Waals surface area contributed by atoms with Crippen LogP contribution in [-0.2, 0) is 18.4 Å². The van der Waals surface area contributed by atoms with Crippen LogP contribution in [0, 0.1) is 11.6 Å². The van der Waals surface area contributed by atoms with Gasteiger partial charge in [-0.15, -0.1) is 0 Å². The molecule has 0 atom stereocenters. The zero-order valence-electron chi connectivity index (χ0n) is 10.3. The third-order valence-corrected chi connectivity index (χ3v) is 3.28. The number of esters is 1. The number of hydrogen-bond acceptors (Lipinski definition) is 5. The highest BCUT2D eigenvalue weighted by atomic mass is 31.2. The van der Waals surface area contributed by atoms with Gasteiger partial charge in [-0.05, 0) is 24.3 Å². The van der Waals surface area contributed by atoms with Crippen molar-refractivity contribution in [3.63, 3.8) is 0 Å². The minimum absolute atomic E-state index is 0.392. The van der Waals surface area contributed by atoms with Gasteiger partial charge in [0.15, 0.2) is 0 Å². The Morgan fingerprint density at radius 3 is 2.17 bits per heavy atom. The average molecular weight is 268 g/mol.